The molecule has 5 rings (SSSR count). The summed E-state index contributed by atoms with van der Waals surface area (Å²) in [6.45, 7) is 2.87. The Labute approximate surface area is 208 Å². The minimum atomic E-state index is -4.46. The van der Waals surface area contributed by atoms with Crippen LogP contribution in [0.1, 0.15) is 44.1 Å². The Morgan fingerprint density at radius 1 is 1.06 bits per heavy atom. The third-order valence-corrected chi connectivity index (χ3v) is 7.46. The Morgan fingerprint density at radius 3 is 2.53 bits per heavy atom. The van der Waals surface area contributed by atoms with Crippen LogP contribution < -0.4 is 4.90 Å². The number of unbranched alkanes of at least 4 members (excludes halogenated alkanes) is 2. The molecule has 2 N–H and O–H groups in total. The highest BCUT2D eigenvalue weighted by molar-refractivity contribution is 7.86. The highest BCUT2D eigenvalue weighted by Gasteiger charge is 2.27. The van der Waals surface area contributed by atoms with Crippen molar-refractivity contribution in [2.75, 3.05) is 11.4 Å². The molecule has 1 aliphatic rings. The summed E-state index contributed by atoms with van der Waals surface area (Å²) < 4.78 is 40.0. The molecule has 0 fully saturated rings. The Hall–Kier alpha value is -3.69. The van der Waals surface area contributed by atoms with Gasteiger partial charge in [0.05, 0.1) is 0 Å². The number of para-hydroxylation sites is 1. The van der Waals surface area contributed by atoms with Gasteiger partial charge in [-0.3, -0.25) is 9.35 Å². The minimum Gasteiger partial charge on any atom is -0.481 e. The van der Waals surface area contributed by atoms with Crippen LogP contribution in [0.3, 0.4) is 0 Å². The number of nitrogens with zero attached hydrogens (tertiary/aromatic N) is 2. The van der Waals surface area contributed by atoms with Gasteiger partial charge in [0.1, 0.15) is 10.4 Å². The first kappa shape index (κ1) is 24.0. The maximum absolute atomic E-state index is 12.0. The maximum atomic E-state index is 12.0. The highest BCUT2D eigenvalue weighted by Crippen LogP contribution is 2.40. The lowest BCUT2D eigenvalue weighted by atomic mass is 9.95. The molecule has 0 radical (unpaired) electrons. The molecule has 186 valence electrons. The van der Waals surface area contributed by atoms with Gasteiger partial charge in [-0.15, -0.1) is 0 Å². The zero-order valence-electron chi connectivity index (χ0n) is 19.7. The predicted molar refractivity (Wildman–Crippen MR) is 138 cm³/mol. The summed E-state index contributed by atoms with van der Waals surface area (Å²) in [6, 6.07) is 16.2. The van der Waals surface area contributed by atoms with Crippen molar-refractivity contribution in [3.63, 3.8) is 0 Å². The summed E-state index contributed by atoms with van der Waals surface area (Å²) in [5.41, 5.74) is 3.61. The SMILES string of the molecule is CC1C=C(c2nc3c(cc(S(=O)(=O)O)c4ccccc43)o2)c2ccccc2N1CCCCCC(=O)O. The first-order valence-electron chi connectivity index (χ1n) is 11.8. The van der Waals surface area contributed by atoms with Gasteiger partial charge in [0.2, 0.25) is 5.89 Å². The average Bonchev–Trinajstić information content (AvgIpc) is 3.28. The third kappa shape index (κ3) is 4.47. The summed E-state index contributed by atoms with van der Waals surface area (Å²) >= 11 is 0. The largest absolute Gasteiger partial charge is 0.481 e. The fourth-order valence-electron chi connectivity index (χ4n) is 4.89. The van der Waals surface area contributed by atoms with Crippen LogP contribution >= 0.6 is 0 Å². The minimum absolute atomic E-state index is 0.0366. The topological polar surface area (TPSA) is 121 Å². The van der Waals surface area contributed by atoms with Gasteiger partial charge in [0.25, 0.3) is 10.1 Å². The molecule has 0 amide bonds. The number of rotatable bonds is 8. The fraction of sp³-hybridized carbons (Fsp3) is 0.259. The molecule has 0 spiro atoms. The van der Waals surface area contributed by atoms with Crippen molar-refractivity contribution in [1.82, 2.24) is 4.98 Å². The number of hydrogen-bond acceptors (Lipinski definition) is 6. The zero-order chi connectivity index (χ0) is 25.4. The number of aromatic nitrogens is 1. The molecule has 0 bridgehead atoms. The fourth-order valence-corrected chi connectivity index (χ4v) is 5.60. The highest BCUT2D eigenvalue weighted by atomic mass is 32.2. The van der Waals surface area contributed by atoms with E-state index in [4.69, 9.17) is 14.5 Å². The lowest BCUT2D eigenvalue weighted by Gasteiger charge is -2.35. The number of aliphatic carboxylic acids is 1. The second-order valence-electron chi connectivity index (χ2n) is 9.00. The Bertz CT molecular complexity index is 1610. The molecule has 1 atom stereocenters. The molecule has 0 saturated carbocycles. The van der Waals surface area contributed by atoms with Crippen LogP contribution in [0.4, 0.5) is 5.69 Å². The standard InChI is InChI=1S/C27H26N2O6S/c1-17-15-21(18-9-6-7-12-22(18)29(17)14-8-2-3-13-25(30)31)27-28-26-20-11-5-4-10-19(20)24(36(32,33)34)16-23(26)35-27/h4-7,9-12,15-17H,2-3,8,13-14H2,1H3,(H,30,31)(H,32,33,34). The third-order valence-electron chi connectivity index (χ3n) is 6.56. The van der Waals surface area contributed by atoms with Gasteiger partial charge < -0.3 is 14.4 Å². The number of carboxylic acid groups (broad SMARTS) is 1. The van der Waals surface area contributed by atoms with Crippen LogP contribution in [0.2, 0.25) is 0 Å². The second kappa shape index (κ2) is 9.40. The van der Waals surface area contributed by atoms with E-state index in [1.807, 2.05) is 24.3 Å². The van der Waals surface area contributed by atoms with Gasteiger partial charge in [-0.05, 0) is 31.9 Å². The number of oxazole rings is 1. The van der Waals surface area contributed by atoms with Crippen molar-refractivity contribution in [3.8, 4) is 0 Å². The molecule has 1 aromatic heterocycles. The molecule has 36 heavy (non-hydrogen) atoms. The van der Waals surface area contributed by atoms with Crippen LogP contribution in [0.5, 0.6) is 0 Å². The van der Waals surface area contributed by atoms with E-state index in [0.717, 1.165) is 36.2 Å². The summed E-state index contributed by atoms with van der Waals surface area (Å²) in [5.74, 6) is -0.392. The van der Waals surface area contributed by atoms with Gasteiger partial charge in [-0.1, -0.05) is 48.9 Å². The first-order valence-corrected chi connectivity index (χ1v) is 13.3. The average molecular weight is 507 g/mol. The van der Waals surface area contributed by atoms with Crippen LogP contribution in [-0.4, -0.2) is 41.6 Å². The van der Waals surface area contributed by atoms with Crippen molar-refractivity contribution in [3.05, 3.63) is 72.1 Å². The molecule has 3 aromatic carbocycles. The van der Waals surface area contributed by atoms with E-state index in [1.165, 1.54) is 6.07 Å². The number of carboxylic acids is 1. The van der Waals surface area contributed by atoms with Crippen molar-refractivity contribution in [2.45, 2.75) is 43.5 Å². The van der Waals surface area contributed by atoms with E-state index in [2.05, 4.69) is 17.9 Å². The number of carbonyl (C=O) groups is 1. The molecule has 9 heteroatoms. The van der Waals surface area contributed by atoms with Crippen molar-refractivity contribution >= 4 is 49.2 Å². The quantitative estimate of drug-likeness (QED) is 0.237. The second-order valence-corrected chi connectivity index (χ2v) is 10.4. The van der Waals surface area contributed by atoms with Crippen LogP contribution in [0.15, 0.2) is 70.0 Å². The first-order chi connectivity index (χ1) is 17.2. The van der Waals surface area contributed by atoms with Gasteiger partial charge in [0.15, 0.2) is 5.58 Å². The molecular formula is C27H26N2O6S. The lowest BCUT2D eigenvalue weighted by molar-refractivity contribution is -0.137. The van der Waals surface area contributed by atoms with E-state index in [-0.39, 0.29) is 22.9 Å². The van der Waals surface area contributed by atoms with Crippen LogP contribution in [0.25, 0.3) is 27.4 Å². The Kier molecular flexibility index (Phi) is 6.27. The van der Waals surface area contributed by atoms with Crippen molar-refractivity contribution in [1.29, 1.82) is 0 Å². The lowest BCUT2D eigenvalue weighted by Crippen LogP contribution is -2.35. The number of hydrogen-bond donors (Lipinski definition) is 2. The van der Waals surface area contributed by atoms with E-state index in [0.29, 0.717) is 28.6 Å². The van der Waals surface area contributed by atoms with Crippen molar-refractivity contribution < 1.29 is 27.3 Å². The Morgan fingerprint density at radius 2 is 1.78 bits per heavy atom. The smallest absolute Gasteiger partial charge is 0.303 e. The van der Waals surface area contributed by atoms with Gasteiger partial charge in [-0.25, -0.2) is 4.98 Å². The van der Waals surface area contributed by atoms with Crippen LogP contribution in [-0.2, 0) is 14.9 Å². The van der Waals surface area contributed by atoms with E-state index in [9.17, 15) is 17.8 Å². The van der Waals surface area contributed by atoms with Gasteiger partial charge >= 0.3 is 5.97 Å². The predicted octanol–water partition coefficient (Wildman–Crippen LogP) is 5.51. The molecular weight excluding hydrogens is 480 g/mol. The molecule has 0 aliphatic carbocycles. The summed E-state index contributed by atoms with van der Waals surface area (Å²) in [5, 5.41) is 9.83. The van der Waals surface area contributed by atoms with Gasteiger partial charge in [0, 0.05) is 52.7 Å². The van der Waals surface area contributed by atoms with Crippen molar-refractivity contribution in [2.24, 2.45) is 0 Å². The summed E-state index contributed by atoms with van der Waals surface area (Å²) in [4.78, 5) is 17.6. The number of benzene rings is 3. The molecule has 1 aliphatic heterocycles. The molecule has 0 saturated heterocycles. The number of anilines is 1. The maximum Gasteiger partial charge on any atom is 0.303 e. The van der Waals surface area contributed by atoms with Gasteiger partial charge in [-0.2, -0.15) is 8.42 Å². The molecule has 8 nitrogen and oxygen atoms in total. The normalized spacial score (nSPS) is 15.8. The van der Waals surface area contributed by atoms with E-state index >= 15 is 0 Å². The Balaban J connectivity index is 1.54. The van der Waals surface area contributed by atoms with Crippen LogP contribution in [0, 0.1) is 0 Å². The monoisotopic (exact) mass is 506 g/mol. The number of fused-ring (bicyclic) bond motifs is 4. The zero-order valence-corrected chi connectivity index (χ0v) is 20.5. The molecule has 1 unspecified atom stereocenters. The summed E-state index contributed by atoms with van der Waals surface area (Å²) in [6.07, 6.45) is 4.63. The molecule has 2 heterocycles. The van der Waals surface area contributed by atoms with E-state index in [1.54, 1.807) is 24.3 Å². The molecule has 4 aromatic rings. The van der Waals surface area contributed by atoms with E-state index < -0.39 is 16.1 Å². The summed E-state index contributed by atoms with van der Waals surface area (Å²) in [7, 11) is -4.46.